The Kier molecular flexibility index (Phi) is 10.3. The second-order valence-corrected chi connectivity index (χ2v) is 12.7. The van der Waals surface area contributed by atoms with Crippen molar-refractivity contribution in [3.8, 4) is 17.2 Å². The summed E-state index contributed by atoms with van der Waals surface area (Å²) in [4.78, 5) is 22.7. The first kappa shape index (κ1) is 33.3. The molecule has 10 heteroatoms. The minimum absolute atomic E-state index is 0.110. The van der Waals surface area contributed by atoms with E-state index in [-0.39, 0.29) is 17.9 Å². The molecule has 7 nitrogen and oxygen atoms in total. The molecule has 7 rings (SSSR count). The monoisotopic (exact) mass is 638 g/mol. The molecule has 0 unspecified atom stereocenters. The number of fused-ring (bicyclic) bond motifs is 5. The molecule has 3 aromatic rings. The van der Waals surface area contributed by atoms with Crippen molar-refractivity contribution in [2.45, 2.75) is 64.1 Å². The number of carbonyl (C=O) groups is 2. The highest BCUT2D eigenvalue weighted by molar-refractivity contribution is 5.90. The summed E-state index contributed by atoms with van der Waals surface area (Å²) in [7, 11) is 0. The number of unbranched alkanes of at least 4 members (excludes halogenated alkanes) is 2. The molecule has 0 aliphatic carbocycles. The molecule has 3 fully saturated rings. The summed E-state index contributed by atoms with van der Waals surface area (Å²) in [6.07, 6.45) is 0.700. The normalized spacial score (nSPS) is 21.6. The molecule has 46 heavy (non-hydrogen) atoms. The summed E-state index contributed by atoms with van der Waals surface area (Å²) in [6.45, 7) is 9.77. The van der Waals surface area contributed by atoms with Crippen LogP contribution >= 0.6 is 0 Å². The molecule has 0 radical (unpaired) electrons. The number of ether oxygens (including phenoxy) is 2. The van der Waals surface area contributed by atoms with Crippen LogP contribution in [0.1, 0.15) is 60.3 Å². The number of benzene rings is 3. The van der Waals surface area contributed by atoms with Gasteiger partial charge in [0.05, 0.1) is 44.7 Å². The highest BCUT2D eigenvalue weighted by Gasteiger charge is 2.47. The number of aliphatic carboxylic acids is 1. The van der Waals surface area contributed by atoms with Crippen LogP contribution in [-0.2, 0) is 9.59 Å². The van der Waals surface area contributed by atoms with Crippen LogP contribution in [0.2, 0.25) is 0 Å². The highest BCUT2D eigenvalue weighted by atomic mass is 19.4. The van der Waals surface area contributed by atoms with Crippen LogP contribution in [0.3, 0.4) is 0 Å². The average molecular weight is 639 g/mol. The number of hydrogen-bond donors (Lipinski definition) is 1. The molecule has 4 heterocycles. The van der Waals surface area contributed by atoms with Crippen molar-refractivity contribution >= 4 is 11.9 Å². The Labute approximate surface area is 267 Å². The third-order valence-electron chi connectivity index (χ3n) is 9.53. The maximum Gasteiger partial charge on any atom is 0.430 e. The quantitative estimate of drug-likeness (QED) is 0.236. The zero-order valence-corrected chi connectivity index (χ0v) is 26.3. The lowest BCUT2D eigenvalue weighted by Crippen LogP contribution is -2.67. The number of nitrogens with one attached hydrogen (secondary N) is 1. The first-order valence-corrected chi connectivity index (χ1v) is 16.0. The van der Waals surface area contributed by atoms with E-state index >= 15 is 0 Å². The van der Waals surface area contributed by atoms with Crippen LogP contribution < -0.4 is 19.9 Å². The van der Waals surface area contributed by atoms with Gasteiger partial charge in [-0.25, -0.2) is 0 Å². The van der Waals surface area contributed by atoms with Gasteiger partial charge < -0.3 is 29.2 Å². The molecule has 4 aliphatic rings. The third kappa shape index (κ3) is 7.66. The summed E-state index contributed by atoms with van der Waals surface area (Å²) in [5.74, 6) is -0.0142. The van der Waals surface area contributed by atoms with Crippen molar-refractivity contribution in [1.82, 2.24) is 5.32 Å². The summed E-state index contributed by atoms with van der Waals surface area (Å²) >= 11 is 0. The lowest BCUT2D eigenvalue weighted by atomic mass is 9.80. The van der Waals surface area contributed by atoms with Gasteiger partial charge in [-0.05, 0) is 62.3 Å². The number of carboxylic acid groups (broad SMARTS) is 1. The molecule has 4 aliphatic heterocycles. The number of carboxylic acids is 1. The lowest BCUT2D eigenvalue weighted by Gasteiger charge is -2.53. The van der Waals surface area contributed by atoms with E-state index in [2.05, 4.69) is 37.4 Å². The van der Waals surface area contributed by atoms with Gasteiger partial charge in [0.1, 0.15) is 23.2 Å². The van der Waals surface area contributed by atoms with Crippen molar-refractivity contribution in [3.63, 3.8) is 0 Å². The van der Waals surface area contributed by atoms with E-state index in [1.165, 1.54) is 56.4 Å². The Bertz CT molecular complexity index is 1470. The molecule has 246 valence electrons. The summed E-state index contributed by atoms with van der Waals surface area (Å²) in [6, 6.07) is 22.5. The van der Waals surface area contributed by atoms with Gasteiger partial charge in [-0.2, -0.15) is 13.2 Å². The van der Waals surface area contributed by atoms with Gasteiger partial charge in [-0.3, -0.25) is 4.79 Å². The fourth-order valence-electron chi connectivity index (χ4n) is 7.15. The first-order valence-electron chi connectivity index (χ1n) is 16.0. The maximum absolute atomic E-state index is 13.9. The van der Waals surface area contributed by atoms with Crippen molar-refractivity contribution in [2.24, 2.45) is 5.92 Å². The van der Waals surface area contributed by atoms with Crippen LogP contribution in [0.5, 0.6) is 17.2 Å². The fraction of sp³-hybridized carbons (Fsp3) is 0.444. The average Bonchev–Trinajstić information content (AvgIpc) is 3.03. The minimum atomic E-state index is -5.19. The zero-order valence-electron chi connectivity index (χ0n) is 26.3. The van der Waals surface area contributed by atoms with Crippen LogP contribution in [0, 0.1) is 19.8 Å². The van der Waals surface area contributed by atoms with Gasteiger partial charge >= 0.3 is 6.18 Å². The van der Waals surface area contributed by atoms with Crippen molar-refractivity contribution in [3.05, 3.63) is 89.0 Å². The van der Waals surface area contributed by atoms with Gasteiger partial charge in [0.2, 0.25) is 5.91 Å². The SMILES string of the molecule is Cc1cccc(C)c1OCCCCC[N+]12CCC(CC1)[C@H](NC(=O)C1c3ccccc3Oc3ccccc31)C2.O=C([O-])C(F)(F)F. The number of para-hydroxylation sites is 3. The summed E-state index contributed by atoms with van der Waals surface area (Å²) < 4.78 is 45.0. The zero-order chi connectivity index (χ0) is 32.9. The smallest absolute Gasteiger partial charge is 0.430 e. The molecular weight excluding hydrogens is 597 g/mol. The number of carbonyl (C=O) groups excluding carboxylic acids is 2. The van der Waals surface area contributed by atoms with E-state index in [1.54, 1.807) is 0 Å². The minimum Gasteiger partial charge on any atom is -0.542 e. The Morgan fingerprint density at radius 1 is 0.891 bits per heavy atom. The lowest BCUT2D eigenvalue weighted by molar-refractivity contribution is -0.944. The van der Waals surface area contributed by atoms with E-state index in [0.29, 0.717) is 5.92 Å². The Morgan fingerprint density at radius 2 is 1.46 bits per heavy atom. The number of halogens is 3. The highest BCUT2D eigenvalue weighted by Crippen LogP contribution is 2.44. The van der Waals surface area contributed by atoms with Crippen LogP contribution in [0.4, 0.5) is 13.2 Å². The number of hydrogen-bond acceptors (Lipinski definition) is 5. The van der Waals surface area contributed by atoms with E-state index in [4.69, 9.17) is 19.4 Å². The molecule has 1 amide bonds. The van der Waals surface area contributed by atoms with Gasteiger partial charge in [-0.15, -0.1) is 0 Å². The number of rotatable bonds is 9. The Morgan fingerprint density at radius 3 is 2.02 bits per heavy atom. The molecule has 0 aromatic heterocycles. The van der Waals surface area contributed by atoms with Gasteiger partial charge in [-0.1, -0.05) is 54.6 Å². The van der Waals surface area contributed by atoms with Gasteiger partial charge in [0, 0.05) is 24.0 Å². The third-order valence-corrected chi connectivity index (χ3v) is 9.53. The number of alkyl halides is 3. The second kappa shape index (κ2) is 14.2. The van der Waals surface area contributed by atoms with E-state index in [1.807, 2.05) is 48.5 Å². The molecule has 2 bridgehead atoms. The van der Waals surface area contributed by atoms with Crippen LogP contribution in [0.15, 0.2) is 66.7 Å². The number of piperidine rings is 3. The van der Waals surface area contributed by atoms with E-state index in [9.17, 15) is 18.0 Å². The molecule has 0 spiro atoms. The topological polar surface area (TPSA) is 87.7 Å². The standard InChI is InChI=1S/C34H40N2O3.C2HF3O2/c1-24-11-10-12-25(2)33(24)38-22-9-3-8-19-36-20-17-26(18-21-36)29(23-36)35-34(37)32-27-13-4-6-15-30(27)39-31-16-7-5-14-28(31)32;3-2(4,5)1(6)7/h4-7,10-16,26,29,32H,3,8-9,17-23H2,1-2H3;(H,6,7)/t26?,29-,36?;/m1./s1. The van der Waals surface area contributed by atoms with Crippen molar-refractivity contribution in [2.75, 3.05) is 32.8 Å². The van der Waals surface area contributed by atoms with Gasteiger partial charge in [0.25, 0.3) is 0 Å². The molecule has 1 atom stereocenters. The molecule has 3 aromatic carbocycles. The first-order chi connectivity index (χ1) is 22.0. The number of amides is 1. The van der Waals surface area contributed by atoms with Crippen molar-refractivity contribution < 1.29 is 41.8 Å². The summed E-state index contributed by atoms with van der Waals surface area (Å²) in [5, 5.41) is 12.3. The van der Waals surface area contributed by atoms with E-state index < -0.39 is 12.1 Å². The van der Waals surface area contributed by atoms with Crippen molar-refractivity contribution in [1.29, 1.82) is 0 Å². The number of aryl methyl sites for hydroxylation is 2. The summed E-state index contributed by atoms with van der Waals surface area (Å²) in [5.41, 5.74) is 4.35. The number of nitrogens with zero attached hydrogens (tertiary/aromatic N) is 1. The molecule has 3 saturated heterocycles. The van der Waals surface area contributed by atoms with Crippen LogP contribution in [0.25, 0.3) is 0 Å². The molecule has 0 saturated carbocycles. The van der Waals surface area contributed by atoms with Gasteiger partial charge in [0.15, 0.2) is 0 Å². The number of quaternary nitrogens is 1. The predicted molar refractivity (Wildman–Crippen MR) is 166 cm³/mol. The molecular formula is C36H41F3N2O5. The predicted octanol–water partition coefficient (Wildman–Crippen LogP) is 5.81. The largest absolute Gasteiger partial charge is 0.542 e. The Balaban J connectivity index is 0.000000537. The fourth-order valence-corrected chi connectivity index (χ4v) is 7.15. The maximum atomic E-state index is 13.9. The van der Waals surface area contributed by atoms with E-state index in [0.717, 1.165) is 52.4 Å². The Hall–Kier alpha value is -4.05. The van der Waals surface area contributed by atoms with Crippen LogP contribution in [-0.4, -0.2) is 61.4 Å². The second-order valence-electron chi connectivity index (χ2n) is 12.7. The molecule has 1 N–H and O–H groups in total.